The Morgan fingerprint density at radius 1 is 1.43 bits per heavy atom. The summed E-state index contributed by atoms with van der Waals surface area (Å²) in [6.07, 6.45) is 0. The molecule has 0 saturated carbocycles. The van der Waals surface area contributed by atoms with Gasteiger partial charge in [-0.2, -0.15) is 0 Å². The van der Waals surface area contributed by atoms with Crippen LogP contribution in [0.4, 0.5) is 5.00 Å². The van der Waals surface area contributed by atoms with Crippen LogP contribution in [0, 0.1) is 6.92 Å². The number of carbonyl (C=O) groups is 2. The lowest BCUT2D eigenvalue weighted by molar-refractivity contribution is -0.113. The fourth-order valence-corrected chi connectivity index (χ4v) is 3.90. The zero-order valence-electron chi connectivity index (χ0n) is 11.5. The molecule has 2 aromatic heterocycles. The van der Waals surface area contributed by atoms with E-state index in [1.54, 1.807) is 18.4 Å². The predicted molar refractivity (Wildman–Crippen MR) is 86.5 cm³/mol. The van der Waals surface area contributed by atoms with Crippen LogP contribution in [0.1, 0.15) is 23.0 Å². The number of carbonyl (C=O) groups excluding carboxylic acids is 2. The molecule has 2 rings (SSSR count). The van der Waals surface area contributed by atoms with Crippen molar-refractivity contribution in [3.8, 4) is 0 Å². The summed E-state index contributed by atoms with van der Waals surface area (Å²) in [5, 5.41) is 6.96. The molecule has 0 spiro atoms. The van der Waals surface area contributed by atoms with Crippen molar-refractivity contribution in [1.82, 2.24) is 4.98 Å². The molecule has 21 heavy (non-hydrogen) atoms. The molecule has 112 valence electrons. The quantitative estimate of drug-likeness (QED) is 0.643. The summed E-state index contributed by atoms with van der Waals surface area (Å²) < 4.78 is 5.80. The summed E-state index contributed by atoms with van der Waals surface area (Å²) in [6, 6.07) is 1.65. The van der Waals surface area contributed by atoms with Crippen molar-refractivity contribution < 1.29 is 14.3 Å². The van der Waals surface area contributed by atoms with Gasteiger partial charge < -0.3 is 10.1 Å². The molecule has 0 unspecified atom stereocenters. The van der Waals surface area contributed by atoms with Crippen molar-refractivity contribution in [3.05, 3.63) is 28.1 Å². The van der Waals surface area contributed by atoms with Crippen LogP contribution in [0.3, 0.4) is 0 Å². The predicted octanol–water partition coefficient (Wildman–Crippen LogP) is 3.42. The average molecular weight is 342 g/mol. The van der Waals surface area contributed by atoms with Gasteiger partial charge in [-0.25, -0.2) is 9.78 Å². The molecular weight excluding hydrogens is 328 g/mol. The van der Waals surface area contributed by atoms with E-state index in [-0.39, 0.29) is 11.7 Å². The van der Waals surface area contributed by atoms with Crippen molar-refractivity contribution >= 4 is 51.3 Å². The summed E-state index contributed by atoms with van der Waals surface area (Å²) in [5.41, 5.74) is 1.34. The van der Waals surface area contributed by atoms with Crippen LogP contribution in [0.5, 0.6) is 0 Å². The summed E-state index contributed by atoms with van der Waals surface area (Å²) in [4.78, 5) is 27.9. The van der Waals surface area contributed by atoms with Gasteiger partial charge in [0.15, 0.2) is 4.34 Å². The largest absolute Gasteiger partial charge is 0.462 e. The number of nitrogens with zero attached hydrogens (tertiary/aromatic N) is 1. The van der Waals surface area contributed by atoms with Crippen LogP contribution in [0.15, 0.2) is 21.2 Å². The minimum atomic E-state index is -0.419. The molecule has 1 amide bonds. The number of thiophene rings is 1. The average Bonchev–Trinajstić information content (AvgIpc) is 3.06. The second kappa shape index (κ2) is 7.58. The Bertz CT molecular complexity index is 636. The first-order valence-electron chi connectivity index (χ1n) is 6.19. The zero-order valence-corrected chi connectivity index (χ0v) is 14.0. The number of aromatic nitrogens is 1. The summed E-state index contributed by atoms with van der Waals surface area (Å²) in [6.45, 7) is 3.97. The number of anilines is 1. The zero-order chi connectivity index (χ0) is 15.2. The van der Waals surface area contributed by atoms with Gasteiger partial charge in [0.2, 0.25) is 5.91 Å². The van der Waals surface area contributed by atoms with E-state index in [1.165, 1.54) is 34.4 Å². The van der Waals surface area contributed by atoms with Gasteiger partial charge in [0, 0.05) is 11.1 Å². The Hall–Kier alpha value is -1.38. The summed E-state index contributed by atoms with van der Waals surface area (Å²) in [5.74, 6) is -0.328. The number of ether oxygens (including phenoxy) is 1. The van der Waals surface area contributed by atoms with Gasteiger partial charge in [0.25, 0.3) is 0 Å². The molecule has 0 aliphatic rings. The summed E-state index contributed by atoms with van der Waals surface area (Å²) >= 11 is 4.20. The van der Waals surface area contributed by atoms with E-state index in [1.807, 2.05) is 12.3 Å². The number of thioether (sulfide) groups is 1. The van der Waals surface area contributed by atoms with Gasteiger partial charge in [0.05, 0.1) is 17.9 Å². The molecule has 5 nitrogen and oxygen atoms in total. The van der Waals surface area contributed by atoms with Crippen LogP contribution < -0.4 is 5.32 Å². The molecule has 2 aromatic rings. The molecule has 0 radical (unpaired) electrons. The summed E-state index contributed by atoms with van der Waals surface area (Å²) in [7, 11) is 0. The standard InChI is InChI=1S/C13H14N2O3S3/c1-3-18-12(17)9-4-5-19-11(9)15-10(16)7-21-13-14-8(2)6-20-13/h4-6H,3,7H2,1-2H3,(H,15,16). The van der Waals surface area contributed by atoms with Crippen LogP contribution in [-0.2, 0) is 9.53 Å². The number of nitrogens with one attached hydrogen (secondary N) is 1. The van der Waals surface area contributed by atoms with Crippen molar-refractivity contribution in [3.63, 3.8) is 0 Å². The van der Waals surface area contributed by atoms with Crippen LogP contribution in [0.25, 0.3) is 0 Å². The number of rotatable bonds is 6. The van der Waals surface area contributed by atoms with Gasteiger partial charge in [-0.3, -0.25) is 4.79 Å². The van der Waals surface area contributed by atoms with Gasteiger partial charge in [-0.1, -0.05) is 11.8 Å². The van der Waals surface area contributed by atoms with Crippen molar-refractivity contribution in [2.45, 2.75) is 18.2 Å². The monoisotopic (exact) mass is 342 g/mol. The highest BCUT2D eigenvalue weighted by Gasteiger charge is 2.16. The van der Waals surface area contributed by atoms with Crippen molar-refractivity contribution in [2.75, 3.05) is 17.7 Å². The van der Waals surface area contributed by atoms with E-state index in [2.05, 4.69) is 10.3 Å². The first kappa shape index (κ1) is 16.0. The number of amides is 1. The molecule has 0 aromatic carbocycles. The number of hydrogen-bond acceptors (Lipinski definition) is 7. The van der Waals surface area contributed by atoms with Crippen molar-refractivity contribution in [1.29, 1.82) is 0 Å². The molecule has 0 atom stereocenters. The highest BCUT2D eigenvalue weighted by atomic mass is 32.2. The third kappa shape index (κ3) is 4.55. The lowest BCUT2D eigenvalue weighted by Gasteiger charge is -2.05. The molecule has 0 aliphatic carbocycles. The van der Waals surface area contributed by atoms with E-state index in [0.29, 0.717) is 17.2 Å². The minimum Gasteiger partial charge on any atom is -0.462 e. The second-order valence-electron chi connectivity index (χ2n) is 3.98. The van der Waals surface area contributed by atoms with Crippen LogP contribution in [-0.4, -0.2) is 29.2 Å². The van der Waals surface area contributed by atoms with Gasteiger partial charge in [-0.15, -0.1) is 22.7 Å². The van der Waals surface area contributed by atoms with E-state index in [4.69, 9.17) is 4.74 Å². The lowest BCUT2D eigenvalue weighted by atomic mass is 10.3. The minimum absolute atomic E-state index is 0.166. The third-order valence-corrected chi connectivity index (χ3v) is 5.31. The number of thiazole rings is 1. The number of aryl methyl sites for hydroxylation is 1. The van der Waals surface area contributed by atoms with E-state index >= 15 is 0 Å². The smallest absolute Gasteiger partial charge is 0.341 e. The molecule has 2 heterocycles. The third-order valence-electron chi connectivity index (χ3n) is 2.34. The SMILES string of the molecule is CCOC(=O)c1ccsc1NC(=O)CSc1nc(C)cs1. The van der Waals surface area contributed by atoms with Crippen molar-refractivity contribution in [2.24, 2.45) is 0 Å². The highest BCUT2D eigenvalue weighted by Crippen LogP contribution is 2.26. The fraction of sp³-hybridized carbons (Fsp3) is 0.308. The first-order valence-corrected chi connectivity index (χ1v) is 8.94. The van der Waals surface area contributed by atoms with E-state index in [0.717, 1.165) is 10.0 Å². The number of hydrogen-bond donors (Lipinski definition) is 1. The normalized spacial score (nSPS) is 10.4. The van der Waals surface area contributed by atoms with Gasteiger partial charge >= 0.3 is 5.97 Å². The van der Waals surface area contributed by atoms with Crippen LogP contribution >= 0.6 is 34.4 Å². The molecule has 0 aliphatic heterocycles. The Labute approximate surface area is 134 Å². The van der Waals surface area contributed by atoms with Gasteiger partial charge in [-0.05, 0) is 25.3 Å². The van der Waals surface area contributed by atoms with E-state index in [9.17, 15) is 9.59 Å². The Balaban J connectivity index is 1.91. The Morgan fingerprint density at radius 2 is 2.24 bits per heavy atom. The Kier molecular flexibility index (Phi) is 5.77. The van der Waals surface area contributed by atoms with Gasteiger partial charge in [0.1, 0.15) is 5.00 Å². The maximum absolute atomic E-state index is 11.9. The van der Waals surface area contributed by atoms with E-state index < -0.39 is 5.97 Å². The first-order chi connectivity index (χ1) is 10.1. The maximum Gasteiger partial charge on any atom is 0.341 e. The van der Waals surface area contributed by atoms with Crippen LogP contribution in [0.2, 0.25) is 0 Å². The molecule has 0 saturated heterocycles. The number of esters is 1. The molecule has 0 bridgehead atoms. The molecule has 8 heteroatoms. The topological polar surface area (TPSA) is 68.3 Å². The molecular formula is C13H14N2O3S3. The Morgan fingerprint density at radius 3 is 2.90 bits per heavy atom. The second-order valence-corrected chi connectivity index (χ2v) is 6.97. The molecule has 0 fully saturated rings. The fourth-order valence-electron chi connectivity index (χ4n) is 1.46. The lowest BCUT2D eigenvalue weighted by Crippen LogP contribution is -2.15. The maximum atomic E-state index is 11.9. The highest BCUT2D eigenvalue weighted by molar-refractivity contribution is 8.01. The molecule has 1 N–H and O–H groups in total.